The van der Waals surface area contributed by atoms with Gasteiger partial charge in [0, 0.05) is 31.2 Å². The van der Waals surface area contributed by atoms with Crippen molar-refractivity contribution in [3.05, 3.63) is 53.1 Å². The van der Waals surface area contributed by atoms with E-state index in [9.17, 15) is 0 Å². The zero-order valence-corrected chi connectivity index (χ0v) is 11.6. The highest BCUT2D eigenvalue weighted by atomic mass is 35.5. The number of anilines is 3. The highest BCUT2D eigenvalue weighted by Gasteiger charge is 2.02. The molecule has 0 aliphatic heterocycles. The fourth-order valence-corrected chi connectivity index (χ4v) is 1.93. The molecule has 0 radical (unpaired) electrons. The molecule has 0 heterocycles. The first-order valence-corrected chi connectivity index (χ1v) is 6.22. The van der Waals surface area contributed by atoms with Gasteiger partial charge in [-0.25, -0.2) is 0 Å². The topological polar surface area (TPSA) is 39.1 Å². The van der Waals surface area contributed by atoms with Crippen LogP contribution in [-0.2, 0) is 0 Å². The number of rotatable bonds is 3. The first-order chi connectivity index (χ1) is 9.10. The van der Waals surface area contributed by atoms with Crippen molar-refractivity contribution >= 4 is 28.7 Å². The van der Waals surface area contributed by atoms with E-state index in [1.807, 2.05) is 55.4 Å². The molecule has 0 unspecified atom stereocenters. The molecular weight excluding hydrogens is 258 g/mol. The molecule has 0 aliphatic rings. The van der Waals surface area contributed by atoms with Crippen LogP contribution in [0.25, 0.3) is 0 Å². The van der Waals surface area contributed by atoms with Gasteiger partial charge >= 0.3 is 0 Å². The molecule has 0 spiro atoms. The third kappa shape index (κ3) is 3.18. The molecule has 1 N–H and O–H groups in total. The van der Waals surface area contributed by atoms with Crippen LogP contribution in [0, 0.1) is 11.3 Å². The molecule has 0 aromatic heterocycles. The van der Waals surface area contributed by atoms with Crippen molar-refractivity contribution in [1.29, 1.82) is 5.26 Å². The van der Waals surface area contributed by atoms with E-state index in [2.05, 4.69) is 5.32 Å². The Hall–Kier alpha value is -2.18. The lowest BCUT2D eigenvalue weighted by Crippen LogP contribution is -2.08. The second-order valence-corrected chi connectivity index (χ2v) is 4.78. The summed E-state index contributed by atoms with van der Waals surface area (Å²) in [6.45, 7) is 0. The molecule has 0 aliphatic carbocycles. The fourth-order valence-electron chi connectivity index (χ4n) is 1.71. The molecule has 0 atom stereocenters. The van der Waals surface area contributed by atoms with E-state index < -0.39 is 0 Å². The summed E-state index contributed by atoms with van der Waals surface area (Å²) in [5.74, 6) is 0. The summed E-state index contributed by atoms with van der Waals surface area (Å²) in [5.41, 5.74) is 3.44. The maximum absolute atomic E-state index is 8.84. The first-order valence-electron chi connectivity index (χ1n) is 5.84. The van der Waals surface area contributed by atoms with Crippen LogP contribution in [0.4, 0.5) is 17.1 Å². The molecule has 2 aromatic carbocycles. The predicted octanol–water partition coefficient (Wildman–Crippen LogP) is 4.02. The van der Waals surface area contributed by atoms with Crippen molar-refractivity contribution in [3.63, 3.8) is 0 Å². The van der Waals surface area contributed by atoms with Crippen LogP contribution in [0.5, 0.6) is 0 Å². The van der Waals surface area contributed by atoms with Gasteiger partial charge in [-0.15, -0.1) is 0 Å². The number of benzene rings is 2. The monoisotopic (exact) mass is 271 g/mol. The highest BCUT2D eigenvalue weighted by Crippen LogP contribution is 2.25. The minimum Gasteiger partial charge on any atom is -0.378 e. The second kappa shape index (κ2) is 5.64. The molecule has 0 amide bonds. The maximum atomic E-state index is 8.84. The lowest BCUT2D eigenvalue weighted by atomic mass is 10.2. The van der Waals surface area contributed by atoms with Gasteiger partial charge in [0.15, 0.2) is 0 Å². The number of hydrogen-bond acceptors (Lipinski definition) is 3. The molecule has 0 fully saturated rings. The van der Waals surface area contributed by atoms with Crippen molar-refractivity contribution in [3.8, 4) is 6.07 Å². The molecule has 0 saturated heterocycles. The van der Waals surface area contributed by atoms with Gasteiger partial charge < -0.3 is 10.2 Å². The lowest BCUT2D eigenvalue weighted by molar-refractivity contribution is 1.13. The molecule has 2 rings (SSSR count). The molecular formula is C15H14ClN3. The molecule has 4 heteroatoms. The number of nitrogens with zero attached hydrogens (tertiary/aromatic N) is 2. The molecule has 96 valence electrons. The maximum Gasteiger partial charge on any atom is 0.101 e. The smallest absolute Gasteiger partial charge is 0.101 e. The summed E-state index contributed by atoms with van der Waals surface area (Å²) in [7, 11) is 4.00. The third-order valence-electron chi connectivity index (χ3n) is 2.74. The summed E-state index contributed by atoms with van der Waals surface area (Å²) in [4.78, 5) is 2.04. The minimum atomic E-state index is 0.455. The van der Waals surface area contributed by atoms with E-state index >= 15 is 0 Å². The van der Waals surface area contributed by atoms with Gasteiger partial charge in [-0.05, 0) is 36.4 Å². The summed E-state index contributed by atoms with van der Waals surface area (Å²) in [6, 6.07) is 15.4. The Kier molecular flexibility index (Phi) is 3.94. The zero-order valence-electron chi connectivity index (χ0n) is 10.8. The van der Waals surface area contributed by atoms with Crippen LogP contribution in [-0.4, -0.2) is 14.1 Å². The number of nitriles is 1. The van der Waals surface area contributed by atoms with Crippen LogP contribution in [0.1, 0.15) is 5.56 Å². The van der Waals surface area contributed by atoms with E-state index in [0.717, 1.165) is 17.1 Å². The largest absolute Gasteiger partial charge is 0.378 e. The summed E-state index contributed by atoms with van der Waals surface area (Å²) in [6.07, 6.45) is 0. The average molecular weight is 272 g/mol. The Labute approximate surface area is 118 Å². The third-order valence-corrected chi connectivity index (χ3v) is 3.05. The summed E-state index contributed by atoms with van der Waals surface area (Å²) < 4.78 is 0. The fraction of sp³-hybridized carbons (Fsp3) is 0.133. The summed E-state index contributed by atoms with van der Waals surface area (Å²) >= 11 is 6.01. The number of halogens is 1. The average Bonchev–Trinajstić information content (AvgIpc) is 2.39. The van der Waals surface area contributed by atoms with Crippen LogP contribution >= 0.6 is 11.6 Å². The van der Waals surface area contributed by atoms with E-state index in [1.54, 1.807) is 12.1 Å². The lowest BCUT2D eigenvalue weighted by Gasteiger charge is -2.14. The molecule has 0 saturated carbocycles. The van der Waals surface area contributed by atoms with Crippen LogP contribution in [0.3, 0.4) is 0 Å². The Morgan fingerprint density at radius 1 is 1.11 bits per heavy atom. The normalized spacial score (nSPS) is 9.79. The van der Waals surface area contributed by atoms with Gasteiger partial charge in [-0.2, -0.15) is 5.26 Å². The van der Waals surface area contributed by atoms with E-state index in [0.29, 0.717) is 10.6 Å². The second-order valence-electron chi connectivity index (χ2n) is 4.38. The Morgan fingerprint density at radius 2 is 1.84 bits per heavy atom. The van der Waals surface area contributed by atoms with Crippen LogP contribution in [0.15, 0.2) is 42.5 Å². The van der Waals surface area contributed by atoms with Crippen molar-refractivity contribution in [2.45, 2.75) is 0 Å². The minimum absolute atomic E-state index is 0.455. The van der Waals surface area contributed by atoms with Crippen LogP contribution in [0.2, 0.25) is 5.02 Å². The van der Waals surface area contributed by atoms with Crippen molar-refractivity contribution in [2.24, 2.45) is 0 Å². The van der Waals surface area contributed by atoms with Gasteiger partial charge in [0.05, 0.1) is 10.6 Å². The number of nitrogens with one attached hydrogen (secondary N) is 1. The molecule has 19 heavy (non-hydrogen) atoms. The highest BCUT2D eigenvalue weighted by molar-refractivity contribution is 6.32. The Bertz CT molecular complexity index is 630. The van der Waals surface area contributed by atoms with Gasteiger partial charge in [-0.3, -0.25) is 0 Å². The Morgan fingerprint density at radius 3 is 2.47 bits per heavy atom. The van der Waals surface area contributed by atoms with Gasteiger partial charge in [0.2, 0.25) is 0 Å². The van der Waals surface area contributed by atoms with Gasteiger partial charge in [0.25, 0.3) is 0 Å². The van der Waals surface area contributed by atoms with Gasteiger partial charge in [-0.1, -0.05) is 17.7 Å². The van der Waals surface area contributed by atoms with Crippen LogP contribution < -0.4 is 10.2 Å². The van der Waals surface area contributed by atoms with E-state index in [1.165, 1.54) is 0 Å². The number of hydrogen-bond donors (Lipinski definition) is 1. The summed E-state index contributed by atoms with van der Waals surface area (Å²) in [5, 5.41) is 12.6. The Balaban J connectivity index is 2.24. The van der Waals surface area contributed by atoms with Gasteiger partial charge in [0.1, 0.15) is 6.07 Å². The molecule has 2 aromatic rings. The van der Waals surface area contributed by atoms with E-state index in [4.69, 9.17) is 16.9 Å². The van der Waals surface area contributed by atoms with E-state index in [-0.39, 0.29) is 0 Å². The first kappa shape index (κ1) is 13.3. The van der Waals surface area contributed by atoms with Crippen molar-refractivity contribution in [1.82, 2.24) is 0 Å². The molecule has 0 bridgehead atoms. The SMILES string of the molecule is CN(C)c1cccc(Nc2ccc(C#N)c(Cl)c2)c1. The predicted molar refractivity (Wildman–Crippen MR) is 80.2 cm³/mol. The standard InChI is InChI=1S/C15H14ClN3/c1-19(2)14-5-3-4-12(8-14)18-13-7-6-11(10-17)15(16)9-13/h3-9,18H,1-2H3. The zero-order chi connectivity index (χ0) is 13.8. The molecule has 3 nitrogen and oxygen atoms in total. The quantitative estimate of drug-likeness (QED) is 0.916. The van der Waals surface area contributed by atoms with Crippen molar-refractivity contribution in [2.75, 3.05) is 24.3 Å². The van der Waals surface area contributed by atoms with Crippen molar-refractivity contribution < 1.29 is 0 Å².